The van der Waals surface area contributed by atoms with Crippen molar-refractivity contribution >= 4 is 29.4 Å². The summed E-state index contributed by atoms with van der Waals surface area (Å²) in [5.41, 5.74) is -0.864. The molecule has 0 radical (unpaired) electrons. The third-order valence-corrected chi connectivity index (χ3v) is 7.17. The summed E-state index contributed by atoms with van der Waals surface area (Å²) in [4.78, 5) is 40.8. The Kier molecular flexibility index (Phi) is 12.6. The maximum Gasteiger partial charge on any atom is 0.416 e. The Morgan fingerprint density at radius 3 is 2.25 bits per heavy atom. The molecule has 1 unspecified atom stereocenters. The van der Waals surface area contributed by atoms with Crippen molar-refractivity contribution in [3.05, 3.63) is 93.7 Å². The van der Waals surface area contributed by atoms with E-state index >= 15 is 0 Å². The lowest BCUT2D eigenvalue weighted by molar-refractivity contribution is -0.140. The van der Waals surface area contributed by atoms with Gasteiger partial charge in [0.25, 0.3) is 0 Å². The number of amides is 3. The summed E-state index contributed by atoms with van der Waals surface area (Å²) in [6.45, 7) is 5.19. The molecule has 3 rings (SSSR count). The van der Waals surface area contributed by atoms with Gasteiger partial charge in [-0.25, -0.2) is 9.59 Å². The molecule has 1 heterocycles. The van der Waals surface area contributed by atoms with Crippen molar-refractivity contribution in [2.45, 2.75) is 77.5 Å². The molecule has 0 fully saturated rings. The number of ether oxygens (including phenoxy) is 2. The first-order valence-corrected chi connectivity index (χ1v) is 15.1. The van der Waals surface area contributed by atoms with Gasteiger partial charge in [-0.05, 0) is 68.7 Å². The zero-order valence-electron chi connectivity index (χ0n) is 25.0. The number of alkyl halides is 3. The minimum Gasteiger partial charge on any atom is -0.445 e. The second-order valence-electron chi connectivity index (χ2n) is 11.1. The first-order chi connectivity index (χ1) is 20.8. The fourth-order valence-electron chi connectivity index (χ4n) is 4.31. The molecular weight excluding hydrogens is 595 g/mol. The number of alkyl carbamates (subject to hydrolysis) is 2. The minimum atomic E-state index is -4.60. The van der Waals surface area contributed by atoms with Crippen molar-refractivity contribution in [2.24, 2.45) is 0 Å². The quantitative estimate of drug-likeness (QED) is 0.193. The second-order valence-corrected chi connectivity index (χ2v) is 12.1. The van der Waals surface area contributed by atoms with Crippen LogP contribution in [0, 0.1) is 0 Å². The van der Waals surface area contributed by atoms with Crippen LogP contribution in [0.2, 0.25) is 0 Å². The fourth-order valence-corrected chi connectivity index (χ4v) is 5.03. The van der Waals surface area contributed by atoms with Gasteiger partial charge in [-0.3, -0.25) is 4.79 Å². The first-order valence-electron chi connectivity index (χ1n) is 14.2. The van der Waals surface area contributed by atoms with E-state index in [-0.39, 0.29) is 38.2 Å². The highest BCUT2D eigenvalue weighted by molar-refractivity contribution is 7.09. The molecule has 2 N–H and O–H groups in total. The van der Waals surface area contributed by atoms with E-state index < -0.39 is 41.5 Å². The van der Waals surface area contributed by atoms with Crippen molar-refractivity contribution in [2.75, 3.05) is 6.54 Å². The normalized spacial score (nSPS) is 12.2. The molecule has 3 aromatic rings. The van der Waals surface area contributed by atoms with E-state index in [0.717, 1.165) is 16.5 Å². The van der Waals surface area contributed by atoms with Crippen molar-refractivity contribution in [3.63, 3.8) is 0 Å². The van der Waals surface area contributed by atoms with Crippen molar-refractivity contribution < 1.29 is 37.0 Å². The van der Waals surface area contributed by atoms with Gasteiger partial charge in [0.2, 0.25) is 5.91 Å². The lowest BCUT2D eigenvalue weighted by Crippen LogP contribution is -2.49. The van der Waals surface area contributed by atoms with Gasteiger partial charge < -0.3 is 25.0 Å². The van der Waals surface area contributed by atoms with Crippen molar-refractivity contribution in [3.8, 4) is 0 Å². The van der Waals surface area contributed by atoms with Crippen LogP contribution in [0.3, 0.4) is 0 Å². The molecule has 0 saturated carbocycles. The van der Waals surface area contributed by atoms with Gasteiger partial charge in [0.05, 0.1) is 12.1 Å². The smallest absolute Gasteiger partial charge is 0.416 e. The maximum atomic E-state index is 13.9. The topological polar surface area (TPSA) is 97.0 Å². The van der Waals surface area contributed by atoms with Crippen LogP contribution < -0.4 is 10.6 Å². The number of benzene rings is 2. The number of unbranched alkanes of at least 4 members (excludes halogenated alkanes) is 1. The highest BCUT2D eigenvalue weighted by Crippen LogP contribution is 2.33. The number of nitrogens with zero attached hydrogens (tertiary/aromatic N) is 1. The molecule has 3 amide bonds. The van der Waals surface area contributed by atoms with Gasteiger partial charge in [-0.1, -0.05) is 54.6 Å². The van der Waals surface area contributed by atoms with Crippen LogP contribution in [0.1, 0.15) is 61.6 Å². The summed E-state index contributed by atoms with van der Waals surface area (Å²) >= 11 is 1.37. The lowest BCUT2D eigenvalue weighted by Gasteiger charge is -2.29. The molecule has 1 aromatic heterocycles. The number of hydrogen-bond acceptors (Lipinski definition) is 6. The molecule has 1 atom stereocenters. The number of hydrogen-bond donors (Lipinski definition) is 2. The Morgan fingerprint density at radius 1 is 0.886 bits per heavy atom. The lowest BCUT2D eigenvalue weighted by atomic mass is 10.0. The van der Waals surface area contributed by atoms with Gasteiger partial charge >= 0.3 is 18.4 Å². The van der Waals surface area contributed by atoms with Gasteiger partial charge in [-0.15, -0.1) is 11.3 Å². The summed E-state index contributed by atoms with van der Waals surface area (Å²) in [5, 5.41) is 7.09. The van der Waals surface area contributed by atoms with E-state index in [1.54, 1.807) is 32.9 Å². The van der Waals surface area contributed by atoms with E-state index in [1.807, 2.05) is 35.7 Å². The zero-order chi connectivity index (χ0) is 32.2. The van der Waals surface area contributed by atoms with Crippen molar-refractivity contribution in [1.29, 1.82) is 0 Å². The highest BCUT2D eigenvalue weighted by Gasteiger charge is 2.35. The molecule has 8 nitrogen and oxygen atoms in total. The third kappa shape index (κ3) is 11.9. The van der Waals surface area contributed by atoms with Crippen LogP contribution in [0.4, 0.5) is 22.8 Å². The van der Waals surface area contributed by atoms with E-state index in [0.29, 0.717) is 12.8 Å². The number of thiophene rings is 1. The van der Waals surface area contributed by atoms with Crippen molar-refractivity contribution in [1.82, 2.24) is 15.5 Å². The molecule has 0 aliphatic rings. The Bertz CT molecular complexity index is 1350. The Labute approximate surface area is 259 Å². The van der Waals surface area contributed by atoms with E-state index in [1.165, 1.54) is 34.4 Å². The largest absolute Gasteiger partial charge is 0.445 e. The zero-order valence-corrected chi connectivity index (χ0v) is 25.8. The summed E-state index contributed by atoms with van der Waals surface area (Å²) in [5.74, 6) is -0.545. The third-order valence-electron chi connectivity index (χ3n) is 6.31. The average molecular weight is 634 g/mol. The van der Waals surface area contributed by atoms with Crippen LogP contribution in [0.25, 0.3) is 0 Å². The molecule has 44 heavy (non-hydrogen) atoms. The molecule has 2 aromatic carbocycles. The Hall–Kier alpha value is -4.06. The van der Waals surface area contributed by atoms with Gasteiger partial charge in [-0.2, -0.15) is 13.2 Å². The molecule has 238 valence electrons. The van der Waals surface area contributed by atoms with Crippen LogP contribution in [-0.4, -0.2) is 41.2 Å². The molecule has 0 aliphatic carbocycles. The van der Waals surface area contributed by atoms with Gasteiger partial charge in [0.1, 0.15) is 18.2 Å². The van der Waals surface area contributed by atoms with Crippen LogP contribution in [0.5, 0.6) is 0 Å². The van der Waals surface area contributed by atoms with E-state index in [4.69, 9.17) is 9.47 Å². The standard InChI is InChI=1S/C32H38F3N3O5S/c1-31(2,3)43-30(41)37-27(17-9-10-18-36-29(40)42-22-23-12-5-4-6-13-23)28(39)38(21-25-15-11-19-44-25)20-24-14-7-8-16-26(24)32(33,34)35/h4-8,11-16,19,27H,9-10,17-18,20-22H2,1-3H3,(H,36,40)(H,37,41). The highest BCUT2D eigenvalue weighted by atomic mass is 32.1. The SMILES string of the molecule is CC(C)(C)OC(=O)NC(CCCCNC(=O)OCc1ccccc1)C(=O)N(Cc1cccs1)Cc1ccccc1C(F)(F)F. The summed E-state index contributed by atoms with van der Waals surface area (Å²) in [6.07, 6.45) is -4.96. The molecule has 0 bridgehead atoms. The maximum absolute atomic E-state index is 13.9. The predicted octanol–water partition coefficient (Wildman–Crippen LogP) is 7.29. The molecule has 12 heteroatoms. The Morgan fingerprint density at radius 2 is 1.59 bits per heavy atom. The van der Waals surface area contributed by atoms with E-state index in [9.17, 15) is 27.6 Å². The summed E-state index contributed by atoms with van der Waals surface area (Å²) in [7, 11) is 0. The van der Waals surface area contributed by atoms with Crippen LogP contribution in [0.15, 0.2) is 72.1 Å². The Balaban J connectivity index is 1.69. The van der Waals surface area contributed by atoms with Crippen LogP contribution >= 0.6 is 11.3 Å². The summed E-state index contributed by atoms with van der Waals surface area (Å²) in [6, 6.07) is 16.9. The number of carbonyl (C=O) groups is 3. The molecule has 0 spiro atoms. The van der Waals surface area contributed by atoms with Gasteiger partial charge in [0, 0.05) is 18.0 Å². The number of carbonyl (C=O) groups excluding carboxylic acids is 3. The number of nitrogens with one attached hydrogen (secondary N) is 2. The fraction of sp³-hybridized carbons (Fsp3) is 0.406. The molecule has 0 aliphatic heterocycles. The second kappa shape index (κ2) is 16.1. The summed E-state index contributed by atoms with van der Waals surface area (Å²) < 4.78 is 51.9. The molecular formula is C32H38F3N3O5S. The average Bonchev–Trinajstić information content (AvgIpc) is 3.47. The molecule has 0 saturated heterocycles. The number of halogens is 3. The van der Waals surface area contributed by atoms with Crippen LogP contribution in [-0.2, 0) is 40.1 Å². The predicted molar refractivity (Wildman–Crippen MR) is 162 cm³/mol. The monoisotopic (exact) mass is 633 g/mol. The number of rotatable bonds is 13. The first kappa shape index (κ1) is 34.4. The van der Waals surface area contributed by atoms with Gasteiger partial charge in [0.15, 0.2) is 0 Å². The minimum absolute atomic E-state index is 0.0564. The van der Waals surface area contributed by atoms with E-state index in [2.05, 4.69) is 10.6 Å².